The van der Waals surface area contributed by atoms with E-state index in [1.165, 1.54) is 18.3 Å². The number of nitrogens with zero attached hydrogens (tertiary/aromatic N) is 1. The summed E-state index contributed by atoms with van der Waals surface area (Å²) >= 11 is 0. The highest BCUT2D eigenvalue weighted by Gasteiger charge is 2.30. The van der Waals surface area contributed by atoms with Crippen molar-refractivity contribution in [2.45, 2.75) is 44.3 Å². The van der Waals surface area contributed by atoms with Gasteiger partial charge in [0.25, 0.3) is 5.91 Å². The number of ether oxygens (including phenoxy) is 1. The fraction of sp³-hybridized carbons (Fsp3) is 0.571. The highest BCUT2D eigenvalue weighted by Crippen LogP contribution is 2.21. The summed E-state index contributed by atoms with van der Waals surface area (Å²) < 4.78 is 41.2. The van der Waals surface area contributed by atoms with Gasteiger partial charge in [0, 0.05) is 12.2 Å². The Bertz CT molecular complexity index is 485. The molecule has 2 rings (SSSR count). The van der Waals surface area contributed by atoms with Crippen molar-refractivity contribution in [2.24, 2.45) is 0 Å². The number of hydrogen-bond acceptors (Lipinski definition) is 3. The van der Waals surface area contributed by atoms with E-state index in [9.17, 15) is 18.0 Å². The SMILES string of the molecule is O=C(NC1CCCCC1)c1cccnc1OCC(F)(F)F. The highest BCUT2D eigenvalue weighted by molar-refractivity contribution is 5.96. The van der Waals surface area contributed by atoms with Gasteiger partial charge in [-0.15, -0.1) is 0 Å². The molecule has 0 bridgehead atoms. The number of rotatable bonds is 4. The zero-order chi connectivity index (χ0) is 15.3. The Morgan fingerprint density at radius 1 is 1.33 bits per heavy atom. The van der Waals surface area contributed by atoms with Gasteiger partial charge in [-0.25, -0.2) is 4.98 Å². The van der Waals surface area contributed by atoms with Gasteiger partial charge in [0.2, 0.25) is 5.88 Å². The second-order valence-electron chi connectivity index (χ2n) is 5.07. The van der Waals surface area contributed by atoms with Crippen LogP contribution in [0.25, 0.3) is 0 Å². The predicted molar refractivity (Wildman–Crippen MR) is 70.1 cm³/mol. The molecular weight excluding hydrogens is 285 g/mol. The fourth-order valence-corrected chi connectivity index (χ4v) is 2.34. The Balaban J connectivity index is 2.02. The fourth-order valence-electron chi connectivity index (χ4n) is 2.34. The maximum Gasteiger partial charge on any atom is 0.422 e. The minimum Gasteiger partial charge on any atom is -0.467 e. The average Bonchev–Trinajstić information content (AvgIpc) is 2.46. The first-order chi connectivity index (χ1) is 9.96. The molecule has 0 saturated heterocycles. The van der Waals surface area contributed by atoms with E-state index in [0.29, 0.717) is 0 Å². The molecule has 116 valence electrons. The second kappa shape index (κ2) is 6.78. The van der Waals surface area contributed by atoms with E-state index < -0.39 is 18.7 Å². The van der Waals surface area contributed by atoms with E-state index in [1.54, 1.807) is 0 Å². The number of aromatic nitrogens is 1. The number of nitrogens with one attached hydrogen (secondary N) is 1. The van der Waals surface area contributed by atoms with Crippen LogP contribution in [0.3, 0.4) is 0 Å². The van der Waals surface area contributed by atoms with Gasteiger partial charge in [0.1, 0.15) is 5.56 Å². The molecule has 0 aliphatic heterocycles. The molecule has 1 heterocycles. The monoisotopic (exact) mass is 302 g/mol. The van der Waals surface area contributed by atoms with Crippen LogP contribution in [0.2, 0.25) is 0 Å². The number of amides is 1. The van der Waals surface area contributed by atoms with Gasteiger partial charge >= 0.3 is 6.18 Å². The Morgan fingerprint density at radius 3 is 2.71 bits per heavy atom. The molecule has 1 saturated carbocycles. The van der Waals surface area contributed by atoms with Crippen LogP contribution in [-0.2, 0) is 0 Å². The van der Waals surface area contributed by atoms with Gasteiger partial charge in [-0.1, -0.05) is 19.3 Å². The predicted octanol–water partition coefficient (Wildman–Crippen LogP) is 3.09. The molecule has 1 aliphatic rings. The van der Waals surface area contributed by atoms with Crippen LogP contribution in [0.5, 0.6) is 5.88 Å². The van der Waals surface area contributed by atoms with Crippen molar-refractivity contribution in [3.05, 3.63) is 23.9 Å². The maximum atomic E-state index is 12.2. The summed E-state index contributed by atoms with van der Waals surface area (Å²) in [7, 11) is 0. The molecule has 1 fully saturated rings. The minimum atomic E-state index is -4.46. The van der Waals surface area contributed by atoms with E-state index in [2.05, 4.69) is 15.0 Å². The smallest absolute Gasteiger partial charge is 0.422 e. The van der Waals surface area contributed by atoms with Crippen LogP contribution in [0.15, 0.2) is 18.3 Å². The van der Waals surface area contributed by atoms with E-state index in [0.717, 1.165) is 32.1 Å². The zero-order valence-electron chi connectivity index (χ0n) is 11.4. The molecule has 4 nitrogen and oxygen atoms in total. The first kappa shape index (κ1) is 15.6. The molecule has 1 aromatic heterocycles. The summed E-state index contributed by atoms with van der Waals surface area (Å²) in [6, 6.07) is 2.98. The van der Waals surface area contributed by atoms with Crippen LogP contribution >= 0.6 is 0 Å². The van der Waals surface area contributed by atoms with Crippen LogP contribution in [0, 0.1) is 0 Å². The largest absolute Gasteiger partial charge is 0.467 e. The molecule has 1 aliphatic carbocycles. The Morgan fingerprint density at radius 2 is 2.05 bits per heavy atom. The van der Waals surface area contributed by atoms with Crippen molar-refractivity contribution >= 4 is 5.91 Å². The lowest BCUT2D eigenvalue weighted by atomic mass is 9.95. The molecule has 0 aromatic carbocycles. The van der Waals surface area contributed by atoms with Crippen molar-refractivity contribution in [3.8, 4) is 5.88 Å². The standard InChI is InChI=1S/C14H17F3N2O2/c15-14(16,17)9-21-13-11(7-4-8-18-13)12(20)19-10-5-2-1-3-6-10/h4,7-8,10H,1-3,5-6,9H2,(H,19,20). The molecule has 21 heavy (non-hydrogen) atoms. The maximum absolute atomic E-state index is 12.2. The first-order valence-electron chi connectivity index (χ1n) is 6.91. The molecule has 1 aromatic rings. The van der Waals surface area contributed by atoms with Gasteiger partial charge in [-0.2, -0.15) is 13.2 Å². The molecular formula is C14H17F3N2O2. The van der Waals surface area contributed by atoms with E-state index in [1.807, 2.05) is 0 Å². The quantitative estimate of drug-likeness (QED) is 0.930. The summed E-state index contributed by atoms with van der Waals surface area (Å²) in [5.74, 6) is -0.727. The lowest BCUT2D eigenvalue weighted by molar-refractivity contribution is -0.154. The average molecular weight is 302 g/mol. The number of carbonyl (C=O) groups excluding carboxylic acids is 1. The lowest BCUT2D eigenvalue weighted by Gasteiger charge is -2.23. The van der Waals surface area contributed by atoms with Gasteiger partial charge < -0.3 is 10.1 Å². The molecule has 0 spiro atoms. The number of hydrogen-bond donors (Lipinski definition) is 1. The van der Waals surface area contributed by atoms with Gasteiger partial charge in [-0.3, -0.25) is 4.79 Å². The number of halogens is 3. The van der Waals surface area contributed by atoms with Gasteiger partial charge in [0.15, 0.2) is 6.61 Å². The summed E-state index contributed by atoms with van der Waals surface area (Å²) in [5.41, 5.74) is 0.0346. The van der Waals surface area contributed by atoms with Crippen molar-refractivity contribution < 1.29 is 22.7 Å². The summed E-state index contributed by atoms with van der Waals surface area (Å²) in [5, 5.41) is 2.83. The second-order valence-corrected chi connectivity index (χ2v) is 5.07. The number of pyridine rings is 1. The van der Waals surface area contributed by atoms with Gasteiger partial charge in [0.05, 0.1) is 0 Å². The van der Waals surface area contributed by atoms with Crippen LogP contribution in [0.1, 0.15) is 42.5 Å². The highest BCUT2D eigenvalue weighted by atomic mass is 19.4. The minimum absolute atomic E-state index is 0.0346. The normalized spacial score (nSPS) is 16.5. The van der Waals surface area contributed by atoms with Crippen LogP contribution in [-0.4, -0.2) is 29.7 Å². The molecule has 1 N–H and O–H groups in total. The Labute approximate surface area is 120 Å². The number of carbonyl (C=O) groups is 1. The summed E-state index contributed by atoms with van der Waals surface area (Å²) in [6.45, 7) is -1.46. The van der Waals surface area contributed by atoms with Gasteiger partial charge in [-0.05, 0) is 25.0 Å². The Hall–Kier alpha value is -1.79. The third-order valence-electron chi connectivity index (χ3n) is 3.33. The van der Waals surface area contributed by atoms with E-state index >= 15 is 0 Å². The van der Waals surface area contributed by atoms with Crippen LogP contribution < -0.4 is 10.1 Å². The summed E-state index contributed by atoms with van der Waals surface area (Å²) in [6.07, 6.45) is 1.87. The number of alkyl halides is 3. The Kier molecular flexibility index (Phi) is 5.03. The molecule has 1 amide bonds. The first-order valence-corrected chi connectivity index (χ1v) is 6.91. The third kappa shape index (κ3) is 4.91. The van der Waals surface area contributed by atoms with E-state index in [4.69, 9.17) is 0 Å². The van der Waals surface area contributed by atoms with Crippen molar-refractivity contribution in [1.29, 1.82) is 0 Å². The third-order valence-corrected chi connectivity index (χ3v) is 3.33. The van der Waals surface area contributed by atoms with Crippen molar-refractivity contribution in [1.82, 2.24) is 10.3 Å². The zero-order valence-corrected chi connectivity index (χ0v) is 11.4. The molecule has 0 atom stereocenters. The van der Waals surface area contributed by atoms with Crippen molar-refractivity contribution in [2.75, 3.05) is 6.61 Å². The van der Waals surface area contributed by atoms with E-state index in [-0.39, 0.29) is 17.5 Å². The molecule has 0 radical (unpaired) electrons. The van der Waals surface area contributed by atoms with Crippen molar-refractivity contribution in [3.63, 3.8) is 0 Å². The molecule has 7 heteroatoms. The lowest BCUT2D eigenvalue weighted by Crippen LogP contribution is -2.36. The van der Waals surface area contributed by atoms with Crippen LogP contribution in [0.4, 0.5) is 13.2 Å². The topological polar surface area (TPSA) is 51.2 Å². The molecule has 0 unspecified atom stereocenters. The summed E-state index contributed by atoms with van der Waals surface area (Å²) in [4.78, 5) is 15.9.